The summed E-state index contributed by atoms with van der Waals surface area (Å²) in [6.45, 7) is 4.67. The fraction of sp³-hybridized carbons (Fsp3) is 0.600. The maximum absolute atomic E-state index is 12.5. The maximum Gasteiger partial charge on any atom is 0.401 e. The predicted molar refractivity (Wildman–Crippen MR) is 73.5 cm³/mol. The van der Waals surface area contributed by atoms with Gasteiger partial charge in [0.05, 0.1) is 12.6 Å². The van der Waals surface area contributed by atoms with Crippen LogP contribution in [0.2, 0.25) is 0 Å². The van der Waals surface area contributed by atoms with E-state index in [1.807, 2.05) is 31.2 Å². The van der Waals surface area contributed by atoms with Gasteiger partial charge in [0.15, 0.2) is 0 Å². The second-order valence-electron chi connectivity index (χ2n) is 5.39. The first-order valence-corrected chi connectivity index (χ1v) is 6.74. The van der Waals surface area contributed by atoms with Crippen molar-refractivity contribution in [3.05, 3.63) is 35.4 Å². The summed E-state index contributed by atoms with van der Waals surface area (Å²) in [6.07, 6.45) is -4.65. The summed E-state index contributed by atoms with van der Waals surface area (Å²) in [5, 5.41) is 10.0. The van der Waals surface area contributed by atoms with Gasteiger partial charge < -0.3 is 5.11 Å². The number of alkyl halides is 3. The fourth-order valence-corrected chi connectivity index (χ4v) is 1.99. The normalized spacial score (nSPS) is 14.1. The van der Waals surface area contributed by atoms with Crippen LogP contribution >= 0.6 is 0 Å². The standard InChI is InChI=1S/C15H22F3NO/c1-11(2)19(10-15(16,17)18)9-8-14(20)13-6-4-12(3)5-7-13/h4-7,11,14,20H,8-10H2,1-3H3. The van der Waals surface area contributed by atoms with Gasteiger partial charge in [0.2, 0.25) is 0 Å². The number of aryl methyl sites for hydroxylation is 1. The van der Waals surface area contributed by atoms with Gasteiger partial charge in [0.25, 0.3) is 0 Å². The van der Waals surface area contributed by atoms with Crippen molar-refractivity contribution < 1.29 is 18.3 Å². The smallest absolute Gasteiger partial charge is 0.388 e. The van der Waals surface area contributed by atoms with Gasteiger partial charge in [-0.2, -0.15) is 13.2 Å². The van der Waals surface area contributed by atoms with Crippen molar-refractivity contribution in [2.45, 2.75) is 45.5 Å². The molecule has 0 bridgehead atoms. The zero-order valence-electron chi connectivity index (χ0n) is 12.1. The van der Waals surface area contributed by atoms with E-state index in [0.29, 0.717) is 0 Å². The van der Waals surface area contributed by atoms with Crippen molar-refractivity contribution in [1.29, 1.82) is 0 Å². The number of aliphatic hydroxyl groups excluding tert-OH is 1. The second kappa shape index (κ2) is 7.09. The Morgan fingerprint density at radius 3 is 2.15 bits per heavy atom. The third kappa shape index (κ3) is 5.92. The first kappa shape index (κ1) is 17.0. The minimum absolute atomic E-state index is 0.207. The molecule has 20 heavy (non-hydrogen) atoms. The van der Waals surface area contributed by atoms with Gasteiger partial charge in [-0.25, -0.2) is 0 Å². The Kier molecular flexibility index (Phi) is 6.02. The fourth-order valence-electron chi connectivity index (χ4n) is 1.99. The van der Waals surface area contributed by atoms with Gasteiger partial charge in [0.1, 0.15) is 0 Å². The summed E-state index contributed by atoms with van der Waals surface area (Å²) < 4.78 is 37.4. The first-order valence-electron chi connectivity index (χ1n) is 6.74. The van der Waals surface area contributed by atoms with Crippen LogP contribution in [0.3, 0.4) is 0 Å². The van der Waals surface area contributed by atoms with E-state index in [4.69, 9.17) is 0 Å². The molecule has 1 aromatic carbocycles. The van der Waals surface area contributed by atoms with Crippen LogP contribution in [0.15, 0.2) is 24.3 Å². The van der Waals surface area contributed by atoms with Crippen molar-refractivity contribution in [3.8, 4) is 0 Å². The molecule has 5 heteroatoms. The van der Waals surface area contributed by atoms with Gasteiger partial charge >= 0.3 is 6.18 Å². The van der Waals surface area contributed by atoms with Crippen LogP contribution in [-0.2, 0) is 0 Å². The van der Waals surface area contributed by atoms with Crippen LogP contribution in [-0.4, -0.2) is 35.3 Å². The summed E-state index contributed by atoms with van der Waals surface area (Å²) >= 11 is 0. The van der Waals surface area contributed by atoms with E-state index in [2.05, 4.69) is 0 Å². The molecule has 1 rings (SSSR count). The van der Waals surface area contributed by atoms with Crippen LogP contribution in [0.25, 0.3) is 0 Å². The highest BCUT2D eigenvalue weighted by Gasteiger charge is 2.31. The SMILES string of the molecule is Cc1ccc(C(O)CCN(CC(F)(F)F)C(C)C)cc1. The molecule has 1 atom stereocenters. The van der Waals surface area contributed by atoms with Gasteiger partial charge in [-0.05, 0) is 32.8 Å². The van der Waals surface area contributed by atoms with Crippen LogP contribution in [0.5, 0.6) is 0 Å². The van der Waals surface area contributed by atoms with Crippen LogP contribution < -0.4 is 0 Å². The molecular weight excluding hydrogens is 267 g/mol. The van der Waals surface area contributed by atoms with Crippen LogP contribution in [0, 0.1) is 6.92 Å². The second-order valence-corrected chi connectivity index (χ2v) is 5.39. The summed E-state index contributed by atoms with van der Waals surface area (Å²) in [7, 11) is 0. The number of hydrogen-bond donors (Lipinski definition) is 1. The highest BCUT2D eigenvalue weighted by molar-refractivity contribution is 5.23. The van der Waals surface area contributed by atoms with E-state index in [0.717, 1.165) is 11.1 Å². The zero-order chi connectivity index (χ0) is 15.3. The van der Waals surface area contributed by atoms with E-state index in [1.54, 1.807) is 13.8 Å². The van der Waals surface area contributed by atoms with Gasteiger partial charge in [0, 0.05) is 12.6 Å². The summed E-state index contributed by atoms with van der Waals surface area (Å²) in [6, 6.07) is 7.18. The molecule has 2 nitrogen and oxygen atoms in total. The van der Waals surface area contributed by atoms with E-state index >= 15 is 0 Å². The lowest BCUT2D eigenvalue weighted by atomic mass is 10.0. The molecular formula is C15H22F3NO. The Labute approximate surface area is 118 Å². The summed E-state index contributed by atoms with van der Waals surface area (Å²) in [5.41, 5.74) is 1.83. The Bertz CT molecular complexity index is 401. The van der Waals surface area contributed by atoms with Crippen molar-refractivity contribution in [3.63, 3.8) is 0 Å². The van der Waals surface area contributed by atoms with Crippen molar-refractivity contribution in [2.75, 3.05) is 13.1 Å². The molecule has 1 N–H and O–H groups in total. The average Bonchev–Trinajstić information content (AvgIpc) is 2.33. The van der Waals surface area contributed by atoms with Crippen molar-refractivity contribution in [1.82, 2.24) is 4.90 Å². The van der Waals surface area contributed by atoms with E-state index in [1.165, 1.54) is 4.90 Å². The molecule has 0 saturated heterocycles. The highest BCUT2D eigenvalue weighted by atomic mass is 19.4. The lowest BCUT2D eigenvalue weighted by Gasteiger charge is -2.28. The molecule has 0 aromatic heterocycles. The lowest BCUT2D eigenvalue weighted by Crippen LogP contribution is -2.40. The number of halogens is 3. The molecule has 0 aliphatic heterocycles. The molecule has 0 heterocycles. The molecule has 0 saturated carbocycles. The largest absolute Gasteiger partial charge is 0.401 e. The predicted octanol–water partition coefficient (Wildman–Crippen LogP) is 3.69. The van der Waals surface area contributed by atoms with E-state index in [-0.39, 0.29) is 19.0 Å². The number of benzene rings is 1. The third-order valence-corrected chi connectivity index (χ3v) is 3.26. The monoisotopic (exact) mass is 289 g/mol. The molecule has 0 aliphatic carbocycles. The van der Waals surface area contributed by atoms with Crippen LogP contribution in [0.1, 0.15) is 37.5 Å². The zero-order valence-corrected chi connectivity index (χ0v) is 12.1. The Morgan fingerprint density at radius 1 is 1.15 bits per heavy atom. The van der Waals surface area contributed by atoms with E-state index < -0.39 is 18.8 Å². The van der Waals surface area contributed by atoms with Crippen molar-refractivity contribution >= 4 is 0 Å². The summed E-state index contributed by atoms with van der Waals surface area (Å²) in [5.74, 6) is 0. The minimum Gasteiger partial charge on any atom is -0.388 e. The molecule has 0 amide bonds. The molecule has 0 spiro atoms. The maximum atomic E-state index is 12.5. The molecule has 1 unspecified atom stereocenters. The van der Waals surface area contributed by atoms with Crippen LogP contribution in [0.4, 0.5) is 13.2 Å². The molecule has 114 valence electrons. The average molecular weight is 289 g/mol. The summed E-state index contributed by atoms with van der Waals surface area (Å²) in [4.78, 5) is 1.33. The highest BCUT2D eigenvalue weighted by Crippen LogP contribution is 2.21. The van der Waals surface area contributed by atoms with Gasteiger partial charge in [-0.1, -0.05) is 29.8 Å². The number of nitrogens with zero attached hydrogens (tertiary/aromatic N) is 1. The molecule has 0 aliphatic rings. The van der Waals surface area contributed by atoms with Gasteiger partial charge in [-0.3, -0.25) is 4.90 Å². The van der Waals surface area contributed by atoms with Crippen molar-refractivity contribution in [2.24, 2.45) is 0 Å². The Morgan fingerprint density at radius 2 is 1.70 bits per heavy atom. The minimum atomic E-state index is -4.21. The Balaban J connectivity index is 2.56. The van der Waals surface area contributed by atoms with Gasteiger partial charge in [-0.15, -0.1) is 0 Å². The molecule has 0 fully saturated rings. The van der Waals surface area contributed by atoms with E-state index in [9.17, 15) is 18.3 Å². The topological polar surface area (TPSA) is 23.5 Å². The lowest BCUT2D eigenvalue weighted by molar-refractivity contribution is -0.150. The first-order chi connectivity index (χ1) is 9.19. The molecule has 0 radical (unpaired) electrons. The molecule has 1 aromatic rings. The number of rotatable bonds is 6. The number of hydrogen-bond acceptors (Lipinski definition) is 2. The quantitative estimate of drug-likeness (QED) is 0.863. The third-order valence-electron chi connectivity index (χ3n) is 3.26. The Hall–Kier alpha value is -1.07. The number of aliphatic hydroxyl groups is 1.